The average Bonchev–Trinajstić information content (AvgIpc) is 2.82. The van der Waals surface area contributed by atoms with Crippen LogP contribution in [-0.4, -0.2) is 56.4 Å². The maximum atomic E-state index is 13.8. The monoisotopic (exact) mass is 501 g/mol. The number of carbonyl (C=O) groups excluding carboxylic acids is 1. The third-order valence-corrected chi connectivity index (χ3v) is 9.52. The highest BCUT2D eigenvalue weighted by molar-refractivity contribution is 7.93. The molecule has 190 valence electrons. The Labute approximate surface area is 208 Å². The number of benzene rings is 2. The first-order valence-electron chi connectivity index (χ1n) is 12.2. The van der Waals surface area contributed by atoms with Gasteiger partial charge in [0.2, 0.25) is 0 Å². The third kappa shape index (κ3) is 4.78. The summed E-state index contributed by atoms with van der Waals surface area (Å²) in [6.45, 7) is 8.51. The highest BCUT2D eigenvalue weighted by Crippen LogP contribution is 2.49. The van der Waals surface area contributed by atoms with Crippen LogP contribution in [-0.2, 0) is 14.6 Å². The Morgan fingerprint density at radius 3 is 2.31 bits per heavy atom. The van der Waals surface area contributed by atoms with Crippen molar-refractivity contribution in [3.8, 4) is 11.5 Å². The van der Waals surface area contributed by atoms with Gasteiger partial charge >= 0.3 is 0 Å². The van der Waals surface area contributed by atoms with Gasteiger partial charge in [-0.3, -0.25) is 4.79 Å². The molecule has 1 fully saturated rings. The highest BCUT2D eigenvalue weighted by Gasteiger charge is 2.53. The number of piperidine rings is 1. The van der Waals surface area contributed by atoms with Gasteiger partial charge in [0.25, 0.3) is 5.91 Å². The maximum absolute atomic E-state index is 13.8. The van der Waals surface area contributed by atoms with Gasteiger partial charge in [0.1, 0.15) is 0 Å². The van der Waals surface area contributed by atoms with Crippen molar-refractivity contribution in [3.05, 3.63) is 53.6 Å². The van der Waals surface area contributed by atoms with Crippen LogP contribution in [0.15, 0.2) is 47.4 Å². The highest BCUT2D eigenvalue weighted by atomic mass is 32.2. The number of amides is 1. The fourth-order valence-corrected chi connectivity index (χ4v) is 7.48. The molecule has 0 aliphatic carbocycles. The number of ether oxygens (including phenoxy) is 3. The van der Waals surface area contributed by atoms with E-state index in [1.807, 2.05) is 39.8 Å². The summed E-state index contributed by atoms with van der Waals surface area (Å²) in [6, 6.07) is 12.3. The average molecular weight is 502 g/mol. The van der Waals surface area contributed by atoms with E-state index in [-0.39, 0.29) is 24.2 Å². The standard InChI is InChI=1S/C27H35NO6S/c1-18(2)33-22-11-10-20(16-23(22)32-5)26(29)28-14-12-27(13-15-28)17-24(34-19(3)4)21-8-6-7-9-25(21)35(27,30)31/h6-11,16,18-19,24H,12-15,17H2,1-5H3. The van der Waals surface area contributed by atoms with Gasteiger partial charge in [0.15, 0.2) is 21.3 Å². The van der Waals surface area contributed by atoms with Crippen molar-refractivity contribution in [1.82, 2.24) is 4.90 Å². The Hall–Kier alpha value is -2.58. The van der Waals surface area contributed by atoms with E-state index in [9.17, 15) is 13.2 Å². The summed E-state index contributed by atoms with van der Waals surface area (Å²) in [6.07, 6.45) is 0.828. The predicted molar refractivity (Wildman–Crippen MR) is 134 cm³/mol. The van der Waals surface area contributed by atoms with E-state index in [0.717, 1.165) is 5.56 Å². The molecule has 1 unspecified atom stereocenters. The van der Waals surface area contributed by atoms with Crippen LogP contribution < -0.4 is 9.47 Å². The summed E-state index contributed by atoms with van der Waals surface area (Å²) in [4.78, 5) is 15.4. The van der Waals surface area contributed by atoms with Crippen molar-refractivity contribution in [3.63, 3.8) is 0 Å². The van der Waals surface area contributed by atoms with Gasteiger partial charge in [0.05, 0.1) is 35.1 Å². The van der Waals surface area contributed by atoms with E-state index >= 15 is 0 Å². The molecule has 7 nitrogen and oxygen atoms in total. The van der Waals surface area contributed by atoms with E-state index in [1.54, 1.807) is 42.3 Å². The molecule has 0 aromatic heterocycles. The lowest BCUT2D eigenvalue weighted by Crippen LogP contribution is -2.53. The number of fused-ring (bicyclic) bond motifs is 1. The normalized spacial score (nSPS) is 20.7. The SMILES string of the molecule is COc1cc(C(=O)N2CCC3(CC2)CC(OC(C)C)c2ccccc2S3(=O)=O)ccc1OC(C)C. The van der Waals surface area contributed by atoms with Crippen molar-refractivity contribution < 1.29 is 27.4 Å². The van der Waals surface area contributed by atoms with Gasteiger partial charge in [-0.2, -0.15) is 0 Å². The molecular weight excluding hydrogens is 466 g/mol. The molecule has 0 N–H and O–H groups in total. The minimum Gasteiger partial charge on any atom is -0.493 e. The topological polar surface area (TPSA) is 82.1 Å². The van der Waals surface area contributed by atoms with Gasteiger partial charge in [-0.15, -0.1) is 0 Å². The van der Waals surface area contributed by atoms with Crippen LogP contribution in [0.2, 0.25) is 0 Å². The number of nitrogens with zero attached hydrogens (tertiary/aromatic N) is 1. The molecular formula is C27H35NO6S. The number of methoxy groups -OCH3 is 1. The van der Waals surface area contributed by atoms with E-state index in [2.05, 4.69) is 0 Å². The van der Waals surface area contributed by atoms with Crippen LogP contribution in [0.4, 0.5) is 0 Å². The summed E-state index contributed by atoms with van der Waals surface area (Å²) in [7, 11) is -2.03. The Bertz CT molecular complexity index is 1180. The number of rotatable bonds is 6. The van der Waals surface area contributed by atoms with Crippen LogP contribution >= 0.6 is 0 Å². The number of carbonyl (C=O) groups is 1. The summed E-state index contributed by atoms with van der Waals surface area (Å²) in [5.74, 6) is 0.941. The van der Waals surface area contributed by atoms with Gasteiger partial charge in [-0.25, -0.2) is 8.42 Å². The van der Waals surface area contributed by atoms with Crippen LogP contribution in [0.1, 0.15) is 69.0 Å². The largest absolute Gasteiger partial charge is 0.493 e. The lowest BCUT2D eigenvalue weighted by molar-refractivity contribution is -0.0131. The van der Waals surface area contributed by atoms with Crippen molar-refractivity contribution in [1.29, 1.82) is 0 Å². The minimum atomic E-state index is -3.57. The molecule has 0 saturated carbocycles. The Morgan fingerprint density at radius 2 is 1.69 bits per heavy atom. The second-order valence-corrected chi connectivity index (χ2v) is 12.2. The van der Waals surface area contributed by atoms with E-state index < -0.39 is 14.6 Å². The number of hydrogen-bond donors (Lipinski definition) is 0. The molecule has 2 aliphatic rings. The molecule has 4 rings (SSSR count). The zero-order valence-corrected chi connectivity index (χ0v) is 21.9. The van der Waals surface area contributed by atoms with Crippen molar-refractivity contribution >= 4 is 15.7 Å². The van der Waals surface area contributed by atoms with Crippen LogP contribution in [0, 0.1) is 0 Å². The van der Waals surface area contributed by atoms with Crippen molar-refractivity contribution in [2.24, 2.45) is 0 Å². The van der Waals surface area contributed by atoms with Gasteiger partial charge in [-0.05, 0) is 76.8 Å². The Kier molecular flexibility index (Phi) is 7.16. The molecule has 35 heavy (non-hydrogen) atoms. The fraction of sp³-hybridized carbons (Fsp3) is 0.519. The Morgan fingerprint density at radius 1 is 1.00 bits per heavy atom. The van der Waals surface area contributed by atoms with Crippen LogP contribution in [0.5, 0.6) is 11.5 Å². The molecule has 0 radical (unpaired) electrons. The zero-order valence-electron chi connectivity index (χ0n) is 21.1. The van der Waals surface area contributed by atoms with Crippen LogP contribution in [0.25, 0.3) is 0 Å². The second kappa shape index (κ2) is 9.82. The first kappa shape index (κ1) is 25.5. The lowest BCUT2D eigenvalue weighted by Gasteiger charge is -2.46. The summed E-state index contributed by atoms with van der Waals surface area (Å²) in [5.41, 5.74) is 1.23. The van der Waals surface area contributed by atoms with Crippen molar-refractivity contribution in [2.75, 3.05) is 20.2 Å². The molecule has 1 saturated heterocycles. The van der Waals surface area contributed by atoms with Crippen LogP contribution in [0.3, 0.4) is 0 Å². The second-order valence-electron chi connectivity index (χ2n) is 9.93. The molecule has 1 atom stereocenters. The Balaban J connectivity index is 1.56. The van der Waals surface area contributed by atoms with Crippen molar-refractivity contribution in [2.45, 2.75) is 74.9 Å². The maximum Gasteiger partial charge on any atom is 0.253 e. The van der Waals surface area contributed by atoms with E-state index in [4.69, 9.17) is 14.2 Å². The first-order valence-corrected chi connectivity index (χ1v) is 13.7. The summed E-state index contributed by atoms with van der Waals surface area (Å²) < 4.78 is 44.0. The number of hydrogen-bond acceptors (Lipinski definition) is 6. The summed E-state index contributed by atoms with van der Waals surface area (Å²) >= 11 is 0. The molecule has 1 amide bonds. The van der Waals surface area contributed by atoms with E-state index in [0.29, 0.717) is 54.3 Å². The molecule has 0 bridgehead atoms. The number of sulfone groups is 1. The molecule has 2 heterocycles. The molecule has 2 aromatic rings. The molecule has 2 aliphatic heterocycles. The first-order chi connectivity index (χ1) is 16.6. The van der Waals surface area contributed by atoms with Gasteiger partial charge < -0.3 is 19.1 Å². The quantitative estimate of drug-likeness (QED) is 0.566. The molecule has 1 spiro atoms. The van der Waals surface area contributed by atoms with E-state index in [1.165, 1.54) is 0 Å². The zero-order chi connectivity index (χ0) is 25.4. The molecule has 2 aromatic carbocycles. The number of likely N-dealkylation sites (tertiary alicyclic amines) is 1. The molecule has 8 heteroatoms. The van der Waals surface area contributed by atoms with Gasteiger partial charge in [0, 0.05) is 18.7 Å². The predicted octanol–water partition coefficient (Wildman–Crippen LogP) is 4.80. The third-order valence-electron chi connectivity index (χ3n) is 6.85. The minimum absolute atomic E-state index is 0.0187. The summed E-state index contributed by atoms with van der Waals surface area (Å²) in [5, 5.41) is 0. The van der Waals surface area contributed by atoms with Gasteiger partial charge in [-0.1, -0.05) is 18.2 Å². The lowest BCUT2D eigenvalue weighted by atomic mass is 9.86. The fourth-order valence-electron chi connectivity index (χ4n) is 5.16. The smallest absolute Gasteiger partial charge is 0.253 e.